The number of benzene rings is 1. The van der Waals surface area contributed by atoms with Crippen LogP contribution in [0.4, 0.5) is 0 Å². The number of carbonyl (C=O) groups excluding carboxylic acids is 2. The minimum absolute atomic E-state index is 0.0986. The number of hydrogen-bond donors (Lipinski definition) is 1. The lowest BCUT2D eigenvalue weighted by atomic mass is 9.99. The van der Waals surface area contributed by atoms with Gasteiger partial charge in [-0.3, -0.25) is 9.36 Å². The molecule has 0 aliphatic carbocycles. The van der Waals surface area contributed by atoms with Crippen LogP contribution in [0.5, 0.6) is 5.75 Å². The highest BCUT2D eigenvalue weighted by Crippen LogP contribution is 2.21. The van der Waals surface area contributed by atoms with Gasteiger partial charge in [0, 0.05) is 5.69 Å². The number of aromatic nitrogens is 3. The molecule has 2 aromatic rings. The van der Waals surface area contributed by atoms with Crippen LogP contribution in [0.2, 0.25) is 0 Å². The van der Waals surface area contributed by atoms with Crippen LogP contribution in [0, 0.1) is 0 Å². The minimum atomic E-state index is -1.05. The monoisotopic (exact) mass is 378 g/mol. The molecule has 140 valence electrons. The van der Waals surface area contributed by atoms with Crippen LogP contribution in [0.1, 0.15) is 20.3 Å². The lowest BCUT2D eigenvalue weighted by Crippen LogP contribution is -2.52. The number of thioether (sulfide) groups is 1. The molecule has 1 N–H and O–H groups in total. The SMILES string of the molecule is CCC(C)(NC(=O)CSc1nncn1-c1ccc(OC)cc1)C(=O)OC. The second-order valence-electron chi connectivity index (χ2n) is 5.70. The molecule has 0 aliphatic heterocycles. The van der Waals surface area contributed by atoms with Crippen LogP contribution >= 0.6 is 11.8 Å². The Morgan fingerprint density at radius 2 is 1.96 bits per heavy atom. The van der Waals surface area contributed by atoms with Crippen LogP contribution in [0.25, 0.3) is 5.69 Å². The van der Waals surface area contributed by atoms with Gasteiger partial charge in [0.15, 0.2) is 5.16 Å². The van der Waals surface area contributed by atoms with Crippen LogP contribution in [-0.4, -0.2) is 52.2 Å². The first kappa shape index (κ1) is 19.8. The molecule has 26 heavy (non-hydrogen) atoms. The molecule has 1 heterocycles. The molecule has 9 heteroatoms. The van der Waals surface area contributed by atoms with Crippen molar-refractivity contribution in [3.63, 3.8) is 0 Å². The Hall–Kier alpha value is -2.55. The van der Waals surface area contributed by atoms with Crippen LogP contribution in [0.15, 0.2) is 35.7 Å². The normalized spacial score (nSPS) is 12.9. The lowest BCUT2D eigenvalue weighted by molar-refractivity contribution is -0.150. The summed E-state index contributed by atoms with van der Waals surface area (Å²) in [6, 6.07) is 7.41. The van der Waals surface area contributed by atoms with E-state index in [1.165, 1.54) is 18.9 Å². The van der Waals surface area contributed by atoms with E-state index in [0.717, 1.165) is 11.4 Å². The fraction of sp³-hybridized carbons (Fsp3) is 0.412. The maximum atomic E-state index is 12.3. The zero-order valence-electron chi connectivity index (χ0n) is 15.2. The third-order valence-corrected chi connectivity index (χ3v) is 4.90. The number of amides is 1. The van der Waals surface area contributed by atoms with Crippen molar-refractivity contribution in [2.75, 3.05) is 20.0 Å². The van der Waals surface area contributed by atoms with Gasteiger partial charge in [0.1, 0.15) is 17.6 Å². The van der Waals surface area contributed by atoms with Gasteiger partial charge in [-0.15, -0.1) is 10.2 Å². The summed E-state index contributed by atoms with van der Waals surface area (Å²) in [5.41, 5.74) is -0.192. The van der Waals surface area contributed by atoms with Crippen LogP contribution in [0.3, 0.4) is 0 Å². The fourth-order valence-corrected chi connectivity index (χ4v) is 2.95. The maximum absolute atomic E-state index is 12.3. The molecule has 0 saturated heterocycles. The highest BCUT2D eigenvalue weighted by molar-refractivity contribution is 7.99. The summed E-state index contributed by atoms with van der Waals surface area (Å²) < 4.78 is 11.7. The van der Waals surface area contributed by atoms with Crippen molar-refractivity contribution < 1.29 is 19.1 Å². The molecule has 0 bridgehead atoms. The van der Waals surface area contributed by atoms with Gasteiger partial charge >= 0.3 is 5.97 Å². The fourth-order valence-electron chi connectivity index (χ4n) is 2.23. The van der Waals surface area contributed by atoms with E-state index in [9.17, 15) is 9.59 Å². The van der Waals surface area contributed by atoms with Gasteiger partial charge in [-0.1, -0.05) is 18.7 Å². The Bertz CT molecular complexity index is 762. The van der Waals surface area contributed by atoms with E-state index in [1.54, 1.807) is 24.9 Å². The van der Waals surface area contributed by atoms with Crippen molar-refractivity contribution in [1.29, 1.82) is 0 Å². The number of carbonyl (C=O) groups is 2. The summed E-state index contributed by atoms with van der Waals surface area (Å²) in [6.07, 6.45) is 2.00. The Labute approximate surface area is 156 Å². The van der Waals surface area contributed by atoms with E-state index in [4.69, 9.17) is 9.47 Å². The highest BCUT2D eigenvalue weighted by atomic mass is 32.2. The molecule has 0 fully saturated rings. The van der Waals surface area contributed by atoms with Crippen molar-refractivity contribution >= 4 is 23.6 Å². The molecule has 8 nitrogen and oxygen atoms in total. The predicted octanol–water partition coefficient (Wildman–Crippen LogP) is 1.83. The summed E-state index contributed by atoms with van der Waals surface area (Å²) in [5, 5.41) is 11.2. The Morgan fingerprint density at radius 1 is 1.27 bits per heavy atom. The number of nitrogens with zero attached hydrogens (tertiary/aromatic N) is 3. The Kier molecular flexibility index (Phi) is 6.62. The van der Waals surface area contributed by atoms with Gasteiger partial charge in [-0.05, 0) is 37.6 Å². The molecule has 2 rings (SSSR count). The van der Waals surface area contributed by atoms with E-state index in [2.05, 4.69) is 15.5 Å². The maximum Gasteiger partial charge on any atom is 0.331 e. The van der Waals surface area contributed by atoms with Gasteiger partial charge in [0.05, 0.1) is 20.0 Å². The Morgan fingerprint density at radius 3 is 2.54 bits per heavy atom. The van der Waals surface area contributed by atoms with Gasteiger partial charge < -0.3 is 14.8 Å². The summed E-state index contributed by atoms with van der Waals surface area (Å²) in [6.45, 7) is 3.45. The molecule has 0 radical (unpaired) electrons. The van der Waals surface area contributed by atoms with Crippen molar-refractivity contribution in [2.45, 2.75) is 31.0 Å². The molecule has 1 amide bonds. The van der Waals surface area contributed by atoms with E-state index in [-0.39, 0.29) is 11.7 Å². The average molecular weight is 378 g/mol. The first-order chi connectivity index (χ1) is 12.4. The van der Waals surface area contributed by atoms with Crippen LogP contribution in [-0.2, 0) is 14.3 Å². The first-order valence-corrected chi connectivity index (χ1v) is 8.98. The topological polar surface area (TPSA) is 95.3 Å². The smallest absolute Gasteiger partial charge is 0.331 e. The molecule has 0 spiro atoms. The minimum Gasteiger partial charge on any atom is -0.497 e. The largest absolute Gasteiger partial charge is 0.497 e. The zero-order chi connectivity index (χ0) is 19.2. The van der Waals surface area contributed by atoms with Crippen molar-refractivity contribution in [2.24, 2.45) is 0 Å². The number of esters is 1. The molecule has 1 aromatic carbocycles. The second-order valence-corrected chi connectivity index (χ2v) is 6.64. The number of methoxy groups -OCH3 is 2. The standard InChI is InChI=1S/C17H22N4O4S/c1-5-17(2,15(23)25-4)19-14(22)10-26-16-20-18-11-21(16)12-6-8-13(24-3)9-7-12/h6-9,11H,5,10H2,1-4H3,(H,19,22). The second kappa shape index (κ2) is 8.70. The zero-order valence-corrected chi connectivity index (χ0v) is 16.0. The number of hydrogen-bond acceptors (Lipinski definition) is 7. The quantitative estimate of drug-likeness (QED) is 0.553. The van der Waals surface area contributed by atoms with Crippen LogP contribution < -0.4 is 10.1 Å². The van der Waals surface area contributed by atoms with Gasteiger partial charge in [-0.25, -0.2) is 4.79 Å². The third kappa shape index (κ3) is 4.54. The van der Waals surface area contributed by atoms with Gasteiger partial charge in [0.25, 0.3) is 0 Å². The molecule has 1 atom stereocenters. The molecule has 1 aromatic heterocycles. The van der Waals surface area contributed by atoms with E-state index in [1.807, 2.05) is 31.2 Å². The number of rotatable bonds is 8. The van der Waals surface area contributed by atoms with Crippen molar-refractivity contribution in [3.8, 4) is 11.4 Å². The molecule has 0 saturated carbocycles. The Balaban J connectivity index is 2.03. The predicted molar refractivity (Wildman–Crippen MR) is 97.5 cm³/mol. The van der Waals surface area contributed by atoms with Gasteiger partial charge in [0.2, 0.25) is 5.91 Å². The first-order valence-electron chi connectivity index (χ1n) is 8.00. The van der Waals surface area contributed by atoms with E-state index < -0.39 is 11.5 Å². The van der Waals surface area contributed by atoms with Crippen molar-refractivity contribution in [3.05, 3.63) is 30.6 Å². The summed E-state index contributed by atoms with van der Waals surface area (Å²) in [7, 11) is 2.90. The summed E-state index contributed by atoms with van der Waals surface area (Å²) >= 11 is 1.23. The number of nitrogens with one attached hydrogen (secondary N) is 1. The molecular weight excluding hydrogens is 356 g/mol. The third-order valence-electron chi connectivity index (χ3n) is 3.96. The van der Waals surface area contributed by atoms with E-state index >= 15 is 0 Å². The molecule has 0 aliphatic rings. The molecule has 1 unspecified atom stereocenters. The highest BCUT2D eigenvalue weighted by Gasteiger charge is 2.34. The van der Waals surface area contributed by atoms with E-state index in [0.29, 0.717) is 11.6 Å². The van der Waals surface area contributed by atoms with Crippen molar-refractivity contribution in [1.82, 2.24) is 20.1 Å². The lowest BCUT2D eigenvalue weighted by Gasteiger charge is -2.26. The number of ether oxygens (including phenoxy) is 2. The summed E-state index contributed by atoms with van der Waals surface area (Å²) in [5.74, 6) is 0.0902. The average Bonchev–Trinajstić information content (AvgIpc) is 3.14. The molecular formula is C17H22N4O4S. The summed E-state index contributed by atoms with van der Waals surface area (Å²) in [4.78, 5) is 24.1. The van der Waals surface area contributed by atoms with Gasteiger partial charge in [-0.2, -0.15) is 0 Å².